The first-order chi connectivity index (χ1) is 9.56. The molecule has 2 heterocycles. The topological polar surface area (TPSA) is 65.2 Å². The highest BCUT2D eigenvalue weighted by Crippen LogP contribution is 2.28. The van der Waals surface area contributed by atoms with E-state index < -0.39 is 5.97 Å². The standard InChI is InChI=1S/C14H16N2O3S/c1-5-18-13(17)11-9(3)15-14(20-4)16-12(11)10-7-6-8(2)19-10/h6-7H,5H2,1-4H3. The summed E-state index contributed by atoms with van der Waals surface area (Å²) in [4.78, 5) is 20.8. The maximum atomic E-state index is 12.1. The number of furan rings is 1. The number of ether oxygens (including phenoxy) is 1. The van der Waals surface area contributed by atoms with Gasteiger partial charge in [0.25, 0.3) is 0 Å². The second-order valence-corrected chi connectivity index (χ2v) is 4.92. The highest BCUT2D eigenvalue weighted by Gasteiger charge is 2.22. The predicted molar refractivity (Wildman–Crippen MR) is 76.9 cm³/mol. The van der Waals surface area contributed by atoms with Gasteiger partial charge >= 0.3 is 5.97 Å². The van der Waals surface area contributed by atoms with Crippen molar-refractivity contribution in [3.63, 3.8) is 0 Å². The molecule has 0 fully saturated rings. The predicted octanol–water partition coefficient (Wildman–Crippen LogP) is 3.25. The zero-order chi connectivity index (χ0) is 14.7. The van der Waals surface area contributed by atoms with Crippen molar-refractivity contribution in [1.82, 2.24) is 9.97 Å². The Balaban J connectivity index is 2.62. The molecule has 20 heavy (non-hydrogen) atoms. The minimum absolute atomic E-state index is 0.305. The summed E-state index contributed by atoms with van der Waals surface area (Å²) in [5.41, 5.74) is 1.43. The maximum absolute atomic E-state index is 12.1. The van der Waals surface area contributed by atoms with Gasteiger partial charge in [-0.25, -0.2) is 14.8 Å². The molecular weight excluding hydrogens is 276 g/mol. The number of hydrogen-bond donors (Lipinski definition) is 0. The number of aromatic nitrogens is 2. The molecule has 0 bridgehead atoms. The Morgan fingerprint density at radius 2 is 2.10 bits per heavy atom. The van der Waals surface area contributed by atoms with Crippen LogP contribution in [0.3, 0.4) is 0 Å². The fourth-order valence-corrected chi connectivity index (χ4v) is 2.24. The molecule has 0 aliphatic carbocycles. The quantitative estimate of drug-likeness (QED) is 0.489. The molecule has 2 aromatic rings. The van der Waals surface area contributed by atoms with Crippen LogP contribution in [0, 0.1) is 13.8 Å². The van der Waals surface area contributed by atoms with E-state index in [-0.39, 0.29) is 0 Å². The van der Waals surface area contributed by atoms with Crippen molar-refractivity contribution in [3.8, 4) is 11.5 Å². The number of aryl methyl sites for hydroxylation is 2. The summed E-state index contributed by atoms with van der Waals surface area (Å²) in [6.07, 6.45) is 1.88. The molecule has 6 heteroatoms. The van der Waals surface area contributed by atoms with Crippen molar-refractivity contribution >= 4 is 17.7 Å². The molecule has 0 amide bonds. The van der Waals surface area contributed by atoms with Crippen molar-refractivity contribution in [2.75, 3.05) is 12.9 Å². The first-order valence-corrected chi connectivity index (χ1v) is 7.45. The van der Waals surface area contributed by atoms with E-state index in [2.05, 4.69) is 9.97 Å². The van der Waals surface area contributed by atoms with E-state index in [0.29, 0.717) is 34.5 Å². The zero-order valence-electron chi connectivity index (χ0n) is 11.9. The number of esters is 1. The molecule has 0 saturated carbocycles. The molecule has 0 radical (unpaired) electrons. The van der Waals surface area contributed by atoms with E-state index in [1.807, 2.05) is 19.2 Å². The second-order valence-electron chi connectivity index (χ2n) is 4.15. The minimum atomic E-state index is -0.429. The van der Waals surface area contributed by atoms with Crippen LogP contribution in [-0.4, -0.2) is 28.8 Å². The second kappa shape index (κ2) is 6.09. The molecule has 2 aromatic heterocycles. The van der Waals surface area contributed by atoms with Gasteiger partial charge in [-0.05, 0) is 39.2 Å². The molecule has 0 atom stereocenters. The molecule has 0 aromatic carbocycles. The maximum Gasteiger partial charge on any atom is 0.342 e. The molecule has 106 valence electrons. The minimum Gasteiger partial charge on any atom is -0.462 e. The number of carbonyl (C=O) groups is 1. The van der Waals surface area contributed by atoms with Crippen LogP contribution in [0.2, 0.25) is 0 Å². The van der Waals surface area contributed by atoms with Crippen LogP contribution in [0.5, 0.6) is 0 Å². The summed E-state index contributed by atoms with van der Waals surface area (Å²) in [7, 11) is 0. The molecule has 5 nitrogen and oxygen atoms in total. The summed E-state index contributed by atoms with van der Waals surface area (Å²) >= 11 is 1.42. The largest absolute Gasteiger partial charge is 0.462 e. The van der Waals surface area contributed by atoms with Gasteiger partial charge in [0.2, 0.25) is 0 Å². The molecule has 0 unspecified atom stereocenters. The lowest BCUT2D eigenvalue weighted by molar-refractivity contribution is 0.0525. The van der Waals surface area contributed by atoms with Gasteiger partial charge in [0.05, 0.1) is 12.3 Å². The van der Waals surface area contributed by atoms with Crippen LogP contribution in [0.25, 0.3) is 11.5 Å². The van der Waals surface area contributed by atoms with Crippen molar-refractivity contribution in [3.05, 3.63) is 29.2 Å². The lowest BCUT2D eigenvalue weighted by atomic mass is 10.1. The van der Waals surface area contributed by atoms with Crippen LogP contribution < -0.4 is 0 Å². The van der Waals surface area contributed by atoms with Gasteiger partial charge < -0.3 is 9.15 Å². The van der Waals surface area contributed by atoms with Crippen molar-refractivity contribution < 1.29 is 13.9 Å². The van der Waals surface area contributed by atoms with Crippen LogP contribution >= 0.6 is 11.8 Å². The Morgan fingerprint density at radius 1 is 1.35 bits per heavy atom. The number of carbonyl (C=O) groups excluding carboxylic acids is 1. The average Bonchev–Trinajstić information content (AvgIpc) is 2.84. The summed E-state index contributed by atoms with van der Waals surface area (Å²) in [6, 6.07) is 3.63. The van der Waals surface area contributed by atoms with Crippen LogP contribution in [0.15, 0.2) is 21.7 Å². The van der Waals surface area contributed by atoms with Crippen LogP contribution in [0.4, 0.5) is 0 Å². The van der Waals surface area contributed by atoms with Crippen molar-refractivity contribution in [2.45, 2.75) is 25.9 Å². The zero-order valence-corrected chi connectivity index (χ0v) is 12.7. The molecule has 2 rings (SSSR count). The number of hydrogen-bond acceptors (Lipinski definition) is 6. The Kier molecular flexibility index (Phi) is 4.44. The molecule has 0 N–H and O–H groups in total. The van der Waals surface area contributed by atoms with E-state index in [4.69, 9.17) is 9.15 Å². The third kappa shape index (κ3) is 2.85. The molecular formula is C14H16N2O3S. The Labute approximate surface area is 121 Å². The highest BCUT2D eigenvalue weighted by molar-refractivity contribution is 7.98. The first kappa shape index (κ1) is 14.6. The van der Waals surface area contributed by atoms with Gasteiger partial charge in [0.1, 0.15) is 17.0 Å². The van der Waals surface area contributed by atoms with Crippen molar-refractivity contribution in [1.29, 1.82) is 0 Å². The van der Waals surface area contributed by atoms with Crippen LogP contribution in [-0.2, 0) is 4.74 Å². The first-order valence-electron chi connectivity index (χ1n) is 6.23. The van der Waals surface area contributed by atoms with E-state index in [1.54, 1.807) is 19.9 Å². The van der Waals surface area contributed by atoms with E-state index in [9.17, 15) is 4.79 Å². The van der Waals surface area contributed by atoms with Gasteiger partial charge in [0.15, 0.2) is 10.9 Å². The normalized spacial score (nSPS) is 10.6. The van der Waals surface area contributed by atoms with Crippen LogP contribution in [0.1, 0.15) is 28.7 Å². The lowest BCUT2D eigenvalue weighted by Gasteiger charge is -2.10. The van der Waals surface area contributed by atoms with Gasteiger partial charge in [0, 0.05) is 0 Å². The summed E-state index contributed by atoms with van der Waals surface area (Å²) in [6.45, 7) is 5.68. The average molecular weight is 292 g/mol. The van der Waals surface area contributed by atoms with Gasteiger partial charge in [-0.3, -0.25) is 0 Å². The fraction of sp³-hybridized carbons (Fsp3) is 0.357. The van der Waals surface area contributed by atoms with Gasteiger partial charge in [-0.15, -0.1) is 0 Å². The molecule has 0 aliphatic rings. The molecule has 0 aliphatic heterocycles. The Hall–Kier alpha value is -1.82. The summed E-state index contributed by atoms with van der Waals surface area (Å²) in [5.74, 6) is 0.879. The monoisotopic (exact) mass is 292 g/mol. The lowest BCUT2D eigenvalue weighted by Crippen LogP contribution is -2.12. The van der Waals surface area contributed by atoms with E-state index in [0.717, 1.165) is 5.76 Å². The molecule has 0 saturated heterocycles. The smallest absolute Gasteiger partial charge is 0.342 e. The number of rotatable bonds is 4. The summed E-state index contributed by atoms with van der Waals surface area (Å²) in [5, 5.41) is 0.597. The number of thioether (sulfide) groups is 1. The van der Waals surface area contributed by atoms with E-state index in [1.165, 1.54) is 11.8 Å². The van der Waals surface area contributed by atoms with Gasteiger partial charge in [-0.1, -0.05) is 11.8 Å². The Morgan fingerprint density at radius 3 is 2.65 bits per heavy atom. The number of nitrogens with zero attached hydrogens (tertiary/aromatic N) is 2. The molecule has 0 spiro atoms. The third-order valence-corrected chi connectivity index (χ3v) is 3.25. The Bertz CT molecular complexity index is 637. The third-order valence-electron chi connectivity index (χ3n) is 2.71. The summed E-state index contributed by atoms with van der Waals surface area (Å²) < 4.78 is 10.7. The fourth-order valence-electron chi connectivity index (χ4n) is 1.83. The van der Waals surface area contributed by atoms with Gasteiger partial charge in [-0.2, -0.15) is 0 Å². The van der Waals surface area contributed by atoms with E-state index >= 15 is 0 Å². The highest BCUT2D eigenvalue weighted by atomic mass is 32.2. The SMILES string of the molecule is CCOC(=O)c1c(C)nc(SC)nc1-c1ccc(C)o1. The van der Waals surface area contributed by atoms with Crippen molar-refractivity contribution in [2.24, 2.45) is 0 Å².